The van der Waals surface area contributed by atoms with Crippen LogP contribution in [0.25, 0.3) is 11.3 Å². The van der Waals surface area contributed by atoms with Crippen molar-refractivity contribution < 1.29 is 0 Å². The summed E-state index contributed by atoms with van der Waals surface area (Å²) in [5.74, 6) is 0. The van der Waals surface area contributed by atoms with Gasteiger partial charge in [0.1, 0.15) is 0 Å². The third-order valence-electron chi connectivity index (χ3n) is 2.38. The van der Waals surface area contributed by atoms with Crippen molar-refractivity contribution in [3.63, 3.8) is 0 Å². The van der Waals surface area contributed by atoms with Gasteiger partial charge in [0, 0.05) is 23.3 Å². The van der Waals surface area contributed by atoms with E-state index < -0.39 is 0 Å². The number of benzene rings is 1. The zero-order valence-corrected chi connectivity index (χ0v) is 9.41. The van der Waals surface area contributed by atoms with Crippen LogP contribution in [0, 0.1) is 0 Å². The van der Waals surface area contributed by atoms with E-state index in [1.54, 1.807) is 12.3 Å². The maximum absolute atomic E-state index is 5.92. The fourth-order valence-corrected chi connectivity index (χ4v) is 1.80. The molecule has 82 valence electrons. The summed E-state index contributed by atoms with van der Waals surface area (Å²) < 4.78 is 0. The summed E-state index contributed by atoms with van der Waals surface area (Å²) in [6, 6.07) is 9.16. The van der Waals surface area contributed by atoms with E-state index in [0.717, 1.165) is 16.8 Å². The van der Waals surface area contributed by atoms with Gasteiger partial charge in [0.05, 0.1) is 11.4 Å². The van der Waals surface area contributed by atoms with Crippen molar-refractivity contribution in [1.29, 1.82) is 0 Å². The van der Waals surface area contributed by atoms with Crippen molar-refractivity contribution in [1.82, 2.24) is 4.98 Å². The predicted molar refractivity (Wildman–Crippen MR) is 67.0 cm³/mol. The molecule has 0 aliphatic carbocycles. The van der Waals surface area contributed by atoms with Gasteiger partial charge in [0.25, 0.3) is 0 Å². The largest absolute Gasteiger partial charge is 0.397 e. The van der Waals surface area contributed by atoms with E-state index in [9.17, 15) is 0 Å². The Morgan fingerprint density at radius 2 is 2.06 bits per heavy atom. The second-order valence-electron chi connectivity index (χ2n) is 3.45. The lowest BCUT2D eigenvalue weighted by atomic mass is 10.0. The minimum atomic E-state index is 0.409. The Kier molecular flexibility index (Phi) is 3.08. The van der Waals surface area contributed by atoms with Gasteiger partial charge in [-0.3, -0.25) is 4.98 Å². The number of pyridine rings is 1. The molecule has 4 heteroatoms. The lowest BCUT2D eigenvalue weighted by Crippen LogP contribution is -2.01. The van der Waals surface area contributed by atoms with Crippen LogP contribution in [0.1, 0.15) is 5.56 Å². The molecule has 1 heterocycles. The molecule has 0 spiro atoms. The van der Waals surface area contributed by atoms with Crippen LogP contribution in [-0.4, -0.2) is 4.98 Å². The van der Waals surface area contributed by atoms with Crippen molar-refractivity contribution in [2.45, 2.75) is 6.54 Å². The smallest absolute Gasteiger partial charge is 0.0934 e. The highest BCUT2D eigenvalue weighted by Gasteiger charge is 2.08. The second kappa shape index (κ2) is 4.51. The van der Waals surface area contributed by atoms with Crippen molar-refractivity contribution in [2.75, 3.05) is 5.73 Å². The van der Waals surface area contributed by atoms with Gasteiger partial charge in [-0.05, 0) is 29.8 Å². The van der Waals surface area contributed by atoms with Gasteiger partial charge in [-0.1, -0.05) is 17.7 Å². The molecule has 3 nitrogen and oxygen atoms in total. The lowest BCUT2D eigenvalue weighted by molar-refractivity contribution is 1.07. The maximum atomic E-state index is 5.92. The number of aromatic nitrogens is 1. The highest BCUT2D eigenvalue weighted by Crippen LogP contribution is 2.28. The first kappa shape index (κ1) is 10.9. The molecule has 0 unspecified atom stereocenters. The van der Waals surface area contributed by atoms with Gasteiger partial charge in [0.15, 0.2) is 0 Å². The fourth-order valence-electron chi connectivity index (χ4n) is 1.60. The Morgan fingerprint density at radius 3 is 2.75 bits per heavy atom. The van der Waals surface area contributed by atoms with Crippen molar-refractivity contribution >= 4 is 17.3 Å². The normalized spacial score (nSPS) is 10.4. The highest BCUT2D eigenvalue weighted by molar-refractivity contribution is 6.30. The van der Waals surface area contributed by atoms with Crippen LogP contribution in [0.3, 0.4) is 0 Å². The molecule has 0 aliphatic rings. The third kappa shape index (κ3) is 2.01. The molecule has 2 rings (SSSR count). The topological polar surface area (TPSA) is 64.9 Å². The van der Waals surface area contributed by atoms with Crippen LogP contribution in [0.4, 0.5) is 5.69 Å². The summed E-state index contributed by atoms with van der Waals surface area (Å²) in [5.41, 5.74) is 14.8. The Balaban J connectivity index is 2.60. The summed E-state index contributed by atoms with van der Waals surface area (Å²) in [5, 5.41) is 0.665. The SMILES string of the molecule is NCc1cc(Cl)ccc1-c1ncccc1N. The molecule has 0 amide bonds. The molecule has 0 radical (unpaired) electrons. The summed E-state index contributed by atoms with van der Waals surface area (Å²) in [4.78, 5) is 4.26. The van der Waals surface area contributed by atoms with Crippen LogP contribution < -0.4 is 11.5 Å². The van der Waals surface area contributed by atoms with Gasteiger partial charge < -0.3 is 11.5 Å². The van der Waals surface area contributed by atoms with Gasteiger partial charge in [-0.2, -0.15) is 0 Å². The summed E-state index contributed by atoms with van der Waals surface area (Å²) >= 11 is 5.92. The van der Waals surface area contributed by atoms with Crippen LogP contribution in [-0.2, 0) is 6.54 Å². The molecule has 0 saturated heterocycles. The minimum Gasteiger partial charge on any atom is -0.397 e. The average Bonchev–Trinajstić information content (AvgIpc) is 2.30. The summed E-state index contributed by atoms with van der Waals surface area (Å²) in [7, 11) is 0. The number of nitrogens with two attached hydrogens (primary N) is 2. The van der Waals surface area contributed by atoms with Gasteiger partial charge in [-0.15, -0.1) is 0 Å². The van der Waals surface area contributed by atoms with E-state index in [4.69, 9.17) is 23.1 Å². The quantitative estimate of drug-likeness (QED) is 0.838. The molecule has 0 fully saturated rings. The van der Waals surface area contributed by atoms with E-state index >= 15 is 0 Å². The predicted octanol–water partition coefficient (Wildman–Crippen LogP) is 2.44. The molecule has 1 aromatic heterocycles. The highest BCUT2D eigenvalue weighted by atomic mass is 35.5. The summed E-state index contributed by atoms with van der Waals surface area (Å²) in [6.45, 7) is 0.409. The summed E-state index contributed by atoms with van der Waals surface area (Å²) in [6.07, 6.45) is 1.71. The number of anilines is 1. The number of halogens is 1. The van der Waals surface area contributed by atoms with Gasteiger partial charge in [-0.25, -0.2) is 0 Å². The molecule has 0 atom stereocenters. The average molecular weight is 234 g/mol. The molecule has 0 bridgehead atoms. The van der Waals surface area contributed by atoms with Crippen LogP contribution in [0.5, 0.6) is 0 Å². The van der Waals surface area contributed by atoms with E-state index in [0.29, 0.717) is 17.3 Å². The van der Waals surface area contributed by atoms with Crippen LogP contribution >= 0.6 is 11.6 Å². The molecule has 2 aromatic rings. The van der Waals surface area contributed by atoms with Gasteiger partial charge in [0.2, 0.25) is 0 Å². The molecule has 0 aliphatic heterocycles. The second-order valence-corrected chi connectivity index (χ2v) is 3.88. The molecule has 4 N–H and O–H groups in total. The van der Waals surface area contributed by atoms with Crippen molar-refractivity contribution in [3.05, 3.63) is 47.1 Å². The number of nitrogen functional groups attached to an aromatic ring is 1. The first-order chi connectivity index (χ1) is 7.72. The standard InChI is InChI=1S/C12H12ClN3/c13-9-3-4-10(8(6-9)7-14)12-11(15)2-1-5-16-12/h1-6H,7,14-15H2. The van der Waals surface area contributed by atoms with Crippen molar-refractivity contribution in [2.24, 2.45) is 5.73 Å². The Labute approximate surface area is 99.1 Å². The van der Waals surface area contributed by atoms with Crippen molar-refractivity contribution in [3.8, 4) is 11.3 Å². The number of rotatable bonds is 2. The zero-order chi connectivity index (χ0) is 11.5. The van der Waals surface area contributed by atoms with Crippen LogP contribution in [0.15, 0.2) is 36.5 Å². The first-order valence-corrected chi connectivity index (χ1v) is 5.29. The molecule has 0 saturated carbocycles. The maximum Gasteiger partial charge on any atom is 0.0934 e. The Bertz CT molecular complexity index is 511. The number of hydrogen-bond donors (Lipinski definition) is 2. The van der Waals surface area contributed by atoms with E-state index in [1.165, 1.54) is 0 Å². The first-order valence-electron chi connectivity index (χ1n) is 4.91. The fraction of sp³-hybridized carbons (Fsp3) is 0.0833. The van der Waals surface area contributed by atoms with Crippen LogP contribution in [0.2, 0.25) is 5.02 Å². The van der Waals surface area contributed by atoms with E-state index in [-0.39, 0.29) is 0 Å². The lowest BCUT2D eigenvalue weighted by Gasteiger charge is -2.09. The molecular formula is C12H12ClN3. The van der Waals surface area contributed by atoms with Gasteiger partial charge >= 0.3 is 0 Å². The Morgan fingerprint density at radius 1 is 1.25 bits per heavy atom. The molecule has 1 aromatic carbocycles. The monoisotopic (exact) mass is 233 g/mol. The Hall–Kier alpha value is -1.58. The zero-order valence-electron chi connectivity index (χ0n) is 8.65. The number of nitrogens with zero attached hydrogens (tertiary/aromatic N) is 1. The van der Waals surface area contributed by atoms with E-state index in [2.05, 4.69) is 4.98 Å². The number of hydrogen-bond acceptors (Lipinski definition) is 3. The van der Waals surface area contributed by atoms with E-state index in [1.807, 2.05) is 24.3 Å². The minimum absolute atomic E-state index is 0.409. The molecule has 16 heavy (non-hydrogen) atoms. The molecular weight excluding hydrogens is 222 g/mol. The third-order valence-corrected chi connectivity index (χ3v) is 2.62.